The molecular weight excluding hydrogens is 492 g/mol. The Morgan fingerprint density at radius 2 is 1.60 bits per heavy atom. The molecular formula is C25H25ClN2O6S. The minimum atomic E-state index is -3.98. The summed E-state index contributed by atoms with van der Waals surface area (Å²) in [6.45, 7) is 5.09. The lowest BCUT2D eigenvalue weighted by atomic mass is 10.1. The van der Waals surface area contributed by atoms with Crippen molar-refractivity contribution in [1.82, 2.24) is 0 Å². The van der Waals surface area contributed by atoms with E-state index in [0.29, 0.717) is 0 Å². The molecule has 0 saturated carbocycles. The number of phenols is 2. The fourth-order valence-corrected chi connectivity index (χ4v) is 5.43. The van der Waals surface area contributed by atoms with Crippen molar-refractivity contribution >= 4 is 44.6 Å². The van der Waals surface area contributed by atoms with Gasteiger partial charge in [0.15, 0.2) is 9.84 Å². The summed E-state index contributed by atoms with van der Waals surface area (Å²) in [4.78, 5) is 25.5. The summed E-state index contributed by atoms with van der Waals surface area (Å²) in [6, 6.07) is 13.1. The number of hydrogen-bond acceptors (Lipinski definition) is 6. The van der Waals surface area contributed by atoms with Crippen LogP contribution in [0.3, 0.4) is 0 Å². The van der Waals surface area contributed by atoms with E-state index in [9.17, 15) is 28.2 Å². The Labute approximate surface area is 208 Å². The van der Waals surface area contributed by atoms with Crippen LogP contribution in [0.15, 0.2) is 59.5 Å². The van der Waals surface area contributed by atoms with Crippen LogP contribution in [-0.2, 0) is 14.6 Å². The number of carbonyl (C=O) groups is 2. The predicted molar refractivity (Wildman–Crippen MR) is 135 cm³/mol. The molecule has 184 valence electrons. The number of halogens is 1. The zero-order valence-corrected chi connectivity index (χ0v) is 20.9. The van der Waals surface area contributed by atoms with Gasteiger partial charge in [0, 0.05) is 6.07 Å². The van der Waals surface area contributed by atoms with Gasteiger partial charge >= 0.3 is 0 Å². The van der Waals surface area contributed by atoms with E-state index in [1.807, 2.05) is 0 Å². The number of sulfone groups is 1. The zero-order valence-electron chi connectivity index (χ0n) is 19.3. The van der Waals surface area contributed by atoms with E-state index < -0.39 is 32.7 Å². The van der Waals surface area contributed by atoms with Crippen LogP contribution in [0.5, 0.6) is 11.5 Å². The van der Waals surface area contributed by atoms with Gasteiger partial charge in [-0.2, -0.15) is 0 Å². The largest absolute Gasteiger partial charge is 0.507 e. The highest BCUT2D eigenvalue weighted by Gasteiger charge is 2.33. The number of hydrogen-bond donors (Lipinski definition) is 4. The van der Waals surface area contributed by atoms with Gasteiger partial charge in [-0.1, -0.05) is 42.3 Å². The minimum absolute atomic E-state index is 0.00467. The Morgan fingerprint density at radius 3 is 2.26 bits per heavy atom. The number of benzene rings is 3. The quantitative estimate of drug-likeness (QED) is 0.333. The second-order valence-corrected chi connectivity index (χ2v) is 10.6. The molecule has 0 spiro atoms. The van der Waals surface area contributed by atoms with Gasteiger partial charge in [-0.15, -0.1) is 0 Å². The van der Waals surface area contributed by atoms with Crippen molar-refractivity contribution in [3.05, 3.63) is 76.3 Å². The van der Waals surface area contributed by atoms with Crippen molar-refractivity contribution in [1.29, 1.82) is 0 Å². The highest BCUT2D eigenvalue weighted by molar-refractivity contribution is 7.92. The third-order valence-electron chi connectivity index (χ3n) is 5.34. The van der Waals surface area contributed by atoms with Gasteiger partial charge < -0.3 is 20.8 Å². The first-order valence-corrected chi connectivity index (χ1v) is 12.6. The predicted octanol–water partition coefficient (Wildman–Crippen LogP) is 4.81. The second-order valence-electron chi connectivity index (χ2n) is 8.07. The Bertz CT molecular complexity index is 1410. The normalized spacial score (nSPS) is 12.1. The zero-order chi connectivity index (χ0) is 25.9. The van der Waals surface area contributed by atoms with Crippen LogP contribution in [-0.4, -0.2) is 35.7 Å². The molecule has 35 heavy (non-hydrogen) atoms. The third-order valence-corrected chi connectivity index (χ3v) is 7.86. The first kappa shape index (κ1) is 26.1. The maximum atomic E-state index is 13.0. The van der Waals surface area contributed by atoms with Gasteiger partial charge in [0.25, 0.3) is 5.91 Å². The lowest BCUT2D eigenvalue weighted by molar-refractivity contribution is -0.115. The summed E-state index contributed by atoms with van der Waals surface area (Å²) in [5.74, 6) is -2.13. The number of rotatable bonds is 7. The fourth-order valence-electron chi connectivity index (χ4n) is 3.49. The van der Waals surface area contributed by atoms with Crippen LogP contribution in [0.4, 0.5) is 11.4 Å². The highest BCUT2D eigenvalue weighted by atomic mass is 35.5. The molecule has 0 bridgehead atoms. The molecule has 10 heteroatoms. The third kappa shape index (κ3) is 5.75. The van der Waals surface area contributed by atoms with Gasteiger partial charge in [0.1, 0.15) is 16.7 Å². The van der Waals surface area contributed by atoms with Crippen LogP contribution in [0, 0.1) is 13.8 Å². The number of aryl methyl sites for hydroxylation is 2. The maximum Gasteiger partial charge on any atom is 0.259 e. The first-order valence-electron chi connectivity index (χ1n) is 10.7. The number of aromatic hydroxyl groups is 2. The van der Waals surface area contributed by atoms with E-state index in [4.69, 9.17) is 11.6 Å². The standard InChI is InChI=1S/C25H25ClN2O6S/c1-4-23(35(33,34)16-7-5-6-14(2)10-16)25(32)27-19-13-22(30)20(12-18(19)26)28-24(31)17-11-15(3)8-9-21(17)29/h5-13,23,29-30H,4H2,1-3H3,(H,27,32)(H,28,31). The lowest BCUT2D eigenvalue weighted by Gasteiger charge is -2.18. The van der Waals surface area contributed by atoms with Crippen molar-refractivity contribution in [3.8, 4) is 11.5 Å². The summed E-state index contributed by atoms with van der Waals surface area (Å²) in [5, 5.41) is 23.8. The Balaban J connectivity index is 1.83. The van der Waals surface area contributed by atoms with Gasteiger partial charge in [-0.3, -0.25) is 9.59 Å². The maximum absolute atomic E-state index is 13.0. The molecule has 0 aliphatic rings. The van der Waals surface area contributed by atoms with Crippen LogP contribution < -0.4 is 10.6 Å². The summed E-state index contributed by atoms with van der Waals surface area (Å²) in [7, 11) is -3.98. The van der Waals surface area contributed by atoms with Gasteiger partial charge in [-0.05, 0) is 56.2 Å². The highest BCUT2D eigenvalue weighted by Crippen LogP contribution is 2.35. The molecule has 0 aliphatic heterocycles. The average Bonchev–Trinajstić information content (AvgIpc) is 2.79. The molecule has 1 unspecified atom stereocenters. The number of carbonyl (C=O) groups excluding carboxylic acids is 2. The van der Waals surface area contributed by atoms with Crippen LogP contribution >= 0.6 is 11.6 Å². The first-order chi connectivity index (χ1) is 16.4. The molecule has 3 rings (SSSR count). The molecule has 0 heterocycles. The molecule has 8 nitrogen and oxygen atoms in total. The van der Waals surface area contributed by atoms with Crippen LogP contribution in [0.2, 0.25) is 5.02 Å². The monoisotopic (exact) mass is 516 g/mol. The van der Waals surface area contributed by atoms with E-state index in [0.717, 1.165) is 17.2 Å². The molecule has 0 aromatic heterocycles. The Hall–Kier alpha value is -3.56. The van der Waals surface area contributed by atoms with E-state index in [1.165, 1.54) is 30.3 Å². The van der Waals surface area contributed by atoms with Gasteiger partial charge in [0.2, 0.25) is 5.91 Å². The fraction of sp³-hybridized carbons (Fsp3) is 0.200. The molecule has 1 atom stereocenters. The van der Waals surface area contributed by atoms with Gasteiger partial charge in [-0.25, -0.2) is 8.42 Å². The van der Waals surface area contributed by atoms with E-state index >= 15 is 0 Å². The second kappa shape index (κ2) is 10.4. The van der Waals surface area contributed by atoms with Crippen molar-refractivity contribution in [2.24, 2.45) is 0 Å². The van der Waals surface area contributed by atoms with E-state index in [-0.39, 0.29) is 39.0 Å². The Morgan fingerprint density at radius 1 is 0.914 bits per heavy atom. The molecule has 0 radical (unpaired) electrons. The van der Waals surface area contributed by atoms with Crippen LogP contribution in [0.1, 0.15) is 34.8 Å². The number of phenolic OH excluding ortho intramolecular Hbond substituents is 2. The van der Waals surface area contributed by atoms with Gasteiger partial charge in [0.05, 0.1) is 26.9 Å². The Kier molecular flexibility index (Phi) is 7.72. The van der Waals surface area contributed by atoms with Crippen LogP contribution in [0.25, 0.3) is 0 Å². The van der Waals surface area contributed by atoms with E-state index in [2.05, 4.69) is 10.6 Å². The molecule has 2 amide bonds. The molecule has 3 aromatic rings. The molecule has 0 aliphatic carbocycles. The molecule has 3 aromatic carbocycles. The SMILES string of the molecule is CCC(C(=O)Nc1cc(O)c(NC(=O)c2cc(C)ccc2O)cc1Cl)S(=O)(=O)c1cccc(C)c1. The van der Waals surface area contributed by atoms with E-state index in [1.54, 1.807) is 39.0 Å². The van der Waals surface area contributed by atoms with Crippen molar-refractivity contribution in [3.63, 3.8) is 0 Å². The van der Waals surface area contributed by atoms with Crippen molar-refractivity contribution in [2.75, 3.05) is 10.6 Å². The minimum Gasteiger partial charge on any atom is -0.507 e. The molecule has 0 saturated heterocycles. The summed E-state index contributed by atoms with van der Waals surface area (Å²) >= 11 is 6.26. The lowest BCUT2D eigenvalue weighted by Crippen LogP contribution is -2.34. The average molecular weight is 517 g/mol. The number of anilines is 2. The number of amides is 2. The topological polar surface area (TPSA) is 133 Å². The van der Waals surface area contributed by atoms with Crippen molar-refractivity contribution in [2.45, 2.75) is 37.3 Å². The summed E-state index contributed by atoms with van der Waals surface area (Å²) in [6.07, 6.45) is 0.0137. The molecule has 4 N–H and O–H groups in total. The van der Waals surface area contributed by atoms with Crippen molar-refractivity contribution < 1.29 is 28.2 Å². The summed E-state index contributed by atoms with van der Waals surface area (Å²) in [5.41, 5.74) is 1.41. The molecule has 0 fully saturated rings. The summed E-state index contributed by atoms with van der Waals surface area (Å²) < 4.78 is 26.1. The number of nitrogens with one attached hydrogen (secondary N) is 2. The smallest absolute Gasteiger partial charge is 0.259 e.